The lowest BCUT2D eigenvalue weighted by molar-refractivity contribution is -0.118. The Kier molecular flexibility index (Phi) is 4.68. The number of benzene rings is 2. The second-order valence-electron chi connectivity index (χ2n) is 6.55. The van der Waals surface area contributed by atoms with Crippen molar-refractivity contribution in [2.75, 3.05) is 19.1 Å². The summed E-state index contributed by atoms with van der Waals surface area (Å²) in [5.41, 5.74) is 1.68. The third-order valence-electron chi connectivity index (χ3n) is 4.99. The topological polar surface area (TPSA) is 60.8 Å². The van der Waals surface area contributed by atoms with Crippen LogP contribution in [0.1, 0.15) is 22.8 Å². The molecule has 2 aromatic carbocycles. The molecule has 3 aromatic rings. The number of hydrogen-bond acceptors (Lipinski definition) is 5. The van der Waals surface area contributed by atoms with Gasteiger partial charge in [0.2, 0.25) is 5.91 Å². The fourth-order valence-corrected chi connectivity index (χ4v) is 4.70. The number of carbonyl (C=O) groups is 1. The first-order valence-corrected chi connectivity index (χ1v) is 9.66. The molecule has 1 aromatic heterocycles. The van der Waals surface area contributed by atoms with Crippen LogP contribution in [0.25, 0.3) is 0 Å². The minimum absolute atomic E-state index is 0.0492. The van der Waals surface area contributed by atoms with E-state index < -0.39 is 0 Å². The number of nitrogens with zero attached hydrogens (tertiary/aromatic N) is 2. The molecule has 6 nitrogen and oxygen atoms in total. The maximum absolute atomic E-state index is 13.1. The number of methoxy groups -OCH3 is 2. The summed E-state index contributed by atoms with van der Waals surface area (Å²) >= 11 is 1.19. The van der Waals surface area contributed by atoms with Crippen LogP contribution in [0.15, 0.2) is 53.3 Å². The van der Waals surface area contributed by atoms with Crippen LogP contribution in [0.4, 0.5) is 11.5 Å². The minimum atomic E-state index is -0.207. The standard InChI is InChI=1S/C21H20N2O4S/c1-22-20-19(28-21(22)25)15(13-9-10-16(26-2)17(11-13)27-3)12-18(24)23(20)14-7-5-4-6-8-14/h4-11,15H,12H2,1-3H3/t15-/m0/s1. The van der Waals surface area contributed by atoms with E-state index in [0.29, 0.717) is 17.3 Å². The highest BCUT2D eigenvalue weighted by Crippen LogP contribution is 2.45. The smallest absolute Gasteiger partial charge is 0.308 e. The van der Waals surface area contributed by atoms with Crippen LogP contribution in [0.3, 0.4) is 0 Å². The van der Waals surface area contributed by atoms with Crippen molar-refractivity contribution in [1.82, 2.24) is 4.57 Å². The molecular weight excluding hydrogens is 376 g/mol. The van der Waals surface area contributed by atoms with Gasteiger partial charge in [-0.1, -0.05) is 35.6 Å². The Morgan fingerprint density at radius 3 is 2.39 bits per heavy atom. The van der Waals surface area contributed by atoms with E-state index >= 15 is 0 Å². The average Bonchev–Trinajstić information content (AvgIpc) is 3.02. The molecule has 0 fully saturated rings. The molecule has 0 spiro atoms. The van der Waals surface area contributed by atoms with Gasteiger partial charge in [-0.2, -0.15) is 0 Å². The molecule has 0 unspecified atom stereocenters. The van der Waals surface area contributed by atoms with Crippen molar-refractivity contribution < 1.29 is 14.3 Å². The summed E-state index contributed by atoms with van der Waals surface area (Å²) in [4.78, 5) is 28.1. The summed E-state index contributed by atoms with van der Waals surface area (Å²) in [6.45, 7) is 0. The SMILES string of the molecule is COc1ccc([C@@H]2CC(=O)N(c3ccccc3)c3c2sc(=O)n3C)cc1OC. The molecule has 0 aliphatic carbocycles. The van der Waals surface area contributed by atoms with E-state index in [0.717, 1.165) is 16.1 Å². The lowest BCUT2D eigenvalue weighted by atomic mass is 9.90. The first-order chi connectivity index (χ1) is 13.5. The van der Waals surface area contributed by atoms with E-state index in [9.17, 15) is 9.59 Å². The van der Waals surface area contributed by atoms with E-state index in [1.165, 1.54) is 11.3 Å². The molecular formula is C21H20N2O4S. The number of carbonyl (C=O) groups excluding carboxylic acids is 1. The summed E-state index contributed by atoms with van der Waals surface area (Å²) < 4.78 is 12.3. The third kappa shape index (κ3) is 2.88. The minimum Gasteiger partial charge on any atom is -0.493 e. The summed E-state index contributed by atoms with van der Waals surface area (Å²) in [5, 5.41) is 0. The fourth-order valence-electron chi connectivity index (χ4n) is 3.61. The van der Waals surface area contributed by atoms with Crippen molar-refractivity contribution in [1.29, 1.82) is 0 Å². The van der Waals surface area contributed by atoms with Gasteiger partial charge >= 0.3 is 4.87 Å². The van der Waals surface area contributed by atoms with E-state index in [1.807, 2.05) is 48.5 Å². The van der Waals surface area contributed by atoms with Gasteiger partial charge in [0.15, 0.2) is 11.5 Å². The van der Waals surface area contributed by atoms with Crippen molar-refractivity contribution in [3.63, 3.8) is 0 Å². The molecule has 1 atom stereocenters. The average molecular weight is 396 g/mol. The van der Waals surface area contributed by atoms with E-state index in [1.54, 1.807) is 30.7 Å². The van der Waals surface area contributed by atoms with Gasteiger partial charge in [0, 0.05) is 19.4 Å². The zero-order chi connectivity index (χ0) is 19.8. The number of hydrogen-bond donors (Lipinski definition) is 0. The van der Waals surface area contributed by atoms with Crippen molar-refractivity contribution >= 4 is 28.7 Å². The Morgan fingerprint density at radius 1 is 1.00 bits per heavy atom. The maximum Gasteiger partial charge on any atom is 0.308 e. The molecule has 144 valence electrons. The Balaban J connectivity index is 1.87. The third-order valence-corrected chi connectivity index (χ3v) is 6.13. The van der Waals surface area contributed by atoms with Gasteiger partial charge in [-0.3, -0.25) is 19.1 Å². The highest BCUT2D eigenvalue weighted by Gasteiger charge is 2.37. The Hall–Kier alpha value is -3.06. The highest BCUT2D eigenvalue weighted by atomic mass is 32.1. The Bertz CT molecular complexity index is 1090. The number of ether oxygens (including phenoxy) is 2. The number of para-hydroxylation sites is 1. The normalized spacial score (nSPS) is 16.0. The van der Waals surface area contributed by atoms with Crippen molar-refractivity contribution in [3.8, 4) is 11.5 Å². The van der Waals surface area contributed by atoms with Gasteiger partial charge in [0.25, 0.3) is 0 Å². The van der Waals surface area contributed by atoms with E-state index in [2.05, 4.69) is 0 Å². The molecule has 0 bridgehead atoms. The van der Waals surface area contributed by atoms with Crippen LogP contribution >= 0.6 is 11.3 Å². The zero-order valence-corrected chi connectivity index (χ0v) is 16.7. The van der Waals surface area contributed by atoms with Crippen LogP contribution in [-0.4, -0.2) is 24.7 Å². The quantitative estimate of drug-likeness (QED) is 0.675. The Labute approximate surface area is 166 Å². The first kappa shape index (κ1) is 18.3. The molecule has 0 N–H and O–H groups in total. The molecule has 1 aliphatic rings. The second kappa shape index (κ2) is 7.16. The highest BCUT2D eigenvalue weighted by molar-refractivity contribution is 7.10. The summed E-state index contributed by atoms with van der Waals surface area (Å²) in [5.74, 6) is 1.61. The summed E-state index contributed by atoms with van der Waals surface area (Å²) in [7, 11) is 4.87. The van der Waals surface area contributed by atoms with Gasteiger partial charge in [-0.15, -0.1) is 0 Å². The van der Waals surface area contributed by atoms with Gasteiger partial charge < -0.3 is 9.47 Å². The number of amides is 1. The van der Waals surface area contributed by atoms with Crippen molar-refractivity contribution in [3.05, 3.63) is 68.6 Å². The van der Waals surface area contributed by atoms with Gasteiger partial charge in [0.1, 0.15) is 5.82 Å². The van der Waals surface area contributed by atoms with Crippen LogP contribution in [-0.2, 0) is 11.8 Å². The van der Waals surface area contributed by atoms with Gasteiger partial charge in [0.05, 0.1) is 24.8 Å². The summed E-state index contributed by atoms with van der Waals surface area (Å²) in [6, 6.07) is 15.0. The summed E-state index contributed by atoms with van der Waals surface area (Å²) in [6.07, 6.45) is 0.275. The van der Waals surface area contributed by atoms with Gasteiger partial charge in [-0.05, 0) is 29.8 Å². The Morgan fingerprint density at radius 2 is 1.71 bits per heavy atom. The number of thiazole rings is 1. The van der Waals surface area contributed by atoms with Gasteiger partial charge in [-0.25, -0.2) is 0 Å². The number of rotatable bonds is 4. The van der Waals surface area contributed by atoms with Crippen molar-refractivity contribution in [2.24, 2.45) is 7.05 Å². The number of anilines is 2. The maximum atomic E-state index is 13.1. The number of aromatic nitrogens is 1. The molecule has 0 saturated carbocycles. The number of fused-ring (bicyclic) bond motifs is 1. The van der Waals surface area contributed by atoms with E-state index in [4.69, 9.17) is 9.47 Å². The zero-order valence-electron chi connectivity index (χ0n) is 15.8. The van der Waals surface area contributed by atoms with Crippen molar-refractivity contribution in [2.45, 2.75) is 12.3 Å². The van der Waals surface area contributed by atoms with Crippen LogP contribution in [0.2, 0.25) is 0 Å². The molecule has 2 heterocycles. The van der Waals surface area contributed by atoms with Crippen LogP contribution in [0, 0.1) is 0 Å². The molecule has 7 heteroatoms. The van der Waals surface area contributed by atoms with Crippen LogP contribution < -0.4 is 19.2 Å². The monoisotopic (exact) mass is 396 g/mol. The molecule has 1 aliphatic heterocycles. The largest absolute Gasteiger partial charge is 0.493 e. The van der Waals surface area contributed by atoms with E-state index in [-0.39, 0.29) is 23.1 Å². The molecule has 0 saturated heterocycles. The predicted molar refractivity (Wildman–Crippen MR) is 109 cm³/mol. The molecule has 4 rings (SSSR count). The molecule has 0 radical (unpaired) electrons. The molecule has 1 amide bonds. The first-order valence-electron chi connectivity index (χ1n) is 8.84. The lowest BCUT2D eigenvalue weighted by Crippen LogP contribution is -2.34. The van der Waals surface area contributed by atoms with Crippen LogP contribution in [0.5, 0.6) is 11.5 Å². The fraction of sp³-hybridized carbons (Fsp3) is 0.238. The molecule has 28 heavy (non-hydrogen) atoms. The second-order valence-corrected chi connectivity index (χ2v) is 7.54. The predicted octanol–water partition coefficient (Wildman–Crippen LogP) is 3.66. The lowest BCUT2D eigenvalue weighted by Gasteiger charge is -2.32.